The third kappa shape index (κ3) is 6.32. The van der Waals surface area contributed by atoms with Crippen molar-refractivity contribution in [1.29, 1.82) is 0 Å². The Morgan fingerprint density at radius 1 is 0.267 bits per heavy atom. The lowest BCUT2D eigenvalue weighted by atomic mass is 9.93. The highest BCUT2D eigenvalue weighted by atomic mass is 16.3. The fraction of sp³-hybridized carbons (Fsp3) is 0. The fourth-order valence-corrected chi connectivity index (χ4v) is 8.77. The number of anilines is 3. The van der Waals surface area contributed by atoms with E-state index in [2.05, 4.69) is 241 Å². The van der Waals surface area contributed by atoms with E-state index in [1.165, 1.54) is 38.6 Å². The molecule has 2 heteroatoms. The zero-order valence-corrected chi connectivity index (χ0v) is 32.9. The molecule has 0 aliphatic heterocycles. The van der Waals surface area contributed by atoms with Crippen LogP contribution in [0.15, 0.2) is 241 Å². The molecule has 0 spiro atoms. The van der Waals surface area contributed by atoms with E-state index in [1.54, 1.807) is 0 Å². The predicted octanol–water partition coefficient (Wildman–Crippen LogP) is 16.5. The van der Waals surface area contributed by atoms with Crippen molar-refractivity contribution >= 4 is 49.8 Å². The summed E-state index contributed by atoms with van der Waals surface area (Å²) in [6.45, 7) is 0. The van der Waals surface area contributed by atoms with Crippen LogP contribution in [-0.2, 0) is 0 Å². The van der Waals surface area contributed by atoms with Gasteiger partial charge < -0.3 is 9.32 Å². The molecule has 0 atom stereocenters. The standard InChI is InChI=1S/C58H39NO/c1-4-15-42(16-5-1)51-38-37-48(39-55(51)45-19-8-3-9-20-45)59(56-28-14-27-54-53-26-13-25-52(57(53)60-58(54)56)44-17-6-2-7-18-44)47-35-33-41(34-36-47)40-29-31-46(32-30-40)50-24-12-22-43-21-10-11-23-49(43)50/h1-39H. The van der Waals surface area contributed by atoms with Crippen molar-refractivity contribution in [2.45, 2.75) is 0 Å². The monoisotopic (exact) mass is 765 g/mol. The summed E-state index contributed by atoms with van der Waals surface area (Å²) in [5.41, 5.74) is 16.5. The van der Waals surface area contributed by atoms with Crippen LogP contribution in [0.1, 0.15) is 0 Å². The summed E-state index contributed by atoms with van der Waals surface area (Å²) in [7, 11) is 0. The van der Waals surface area contributed by atoms with Gasteiger partial charge in [0.2, 0.25) is 0 Å². The molecule has 0 unspecified atom stereocenters. The molecule has 0 N–H and O–H groups in total. The van der Waals surface area contributed by atoms with Crippen LogP contribution >= 0.6 is 0 Å². The van der Waals surface area contributed by atoms with E-state index >= 15 is 0 Å². The number of rotatable bonds is 8. The third-order valence-corrected chi connectivity index (χ3v) is 11.7. The van der Waals surface area contributed by atoms with Crippen LogP contribution in [0.4, 0.5) is 17.1 Å². The Labute approximate surface area is 349 Å². The summed E-state index contributed by atoms with van der Waals surface area (Å²) in [4.78, 5) is 2.35. The highest BCUT2D eigenvalue weighted by Gasteiger charge is 2.22. The minimum atomic E-state index is 0.845. The molecule has 0 aliphatic carbocycles. The van der Waals surface area contributed by atoms with Gasteiger partial charge >= 0.3 is 0 Å². The Balaban J connectivity index is 1.06. The molecule has 0 amide bonds. The molecule has 11 aromatic rings. The maximum atomic E-state index is 7.03. The first kappa shape index (κ1) is 35.2. The Bertz CT molecular complexity index is 3270. The van der Waals surface area contributed by atoms with E-state index in [4.69, 9.17) is 4.42 Å². The second-order valence-electron chi connectivity index (χ2n) is 15.3. The van der Waals surface area contributed by atoms with Gasteiger partial charge in [-0.3, -0.25) is 0 Å². The van der Waals surface area contributed by atoms with Gasteiger partial charge in [-0.05, 0) is 91.2 Å². The van der Waals surface area contributed by atoms with Crippen molar-refractivity contribution in [3.63, 3.8) is 0 Å². The van der Waals surface area contributed by atoms with Crippen LogP contribution in [0.25, 0.3) is 88.3 Å². The van der Waals surface area contributed by atoms with Crippen LogP contribution in [0.3, 0.4) is 0 Å². The fourth-order valence-electron chi connectivity index (χ4n) is 8.77. The maximum Gasteiger partial charge on any atom is 0.159 e. The number of benzene rings is 10. The van der Waals surface area contributed by atoms with E-state index in [0.717, 1.165) is 66.8 Å². The number of nitrogens with zero attached hydrogens (tertiary/aromatic N) is 1. The number of hydrogen-bond donors (Lipinski definition) is 0. The van der Waals surface area contributed by atoms with Crippen LogP contribution < -0.4 is 4.90 Å². The Kier molecular flexibility index (Phi) is 8.87. The van der Waals surface area contributed by atoms with E-state index in [0.29, 0.717) is 0 Å². The highest BCUT2D eigenvalue weighted by Crippen LogP contribution is 2.46. The molecule has 0 aliphatic rings. The summed E-state index contributed by atoms with van der Waals surface area (Å²) in [6, 6.07) is 84.6. The van der Waals surface area contributed by atoms with Crippen molar-refractivity contribution in [2.75, 3.05) is 4.90 Å². The molecule has 0 bridgehead atoms. The minimum Gasteiger partial charge on any atom is -0.453 e. The minimum absolute atomic E-state index is 0.845. The SMILES string of the molecule is c1ccc(-c2ccc(N(c3ccc(-c4ccc(-c5cccc6ccccc56)cc4)cc3)c3cccc4c3oc3c(-c5ccccc5)cccc34)cc2-c2ccccc2)cc1. The summed E-state index contributed by atoms with van der Waals surface area (Å²) >= 11 is 0. The van der Waals surface area contributed by atoms with Gasteiger partial charge in [0, 0.05) is 27.7 Å². The number of para-hydroxylation sites is 2. The molecule has 10 aromatic carbocycles. The molecule has 282 valence electrons. The Hall–Kier alpha value is -7.94. The Morgan fingerprint density at radius 3 is 1.43 bits per heavy atom. The lowest BCUT2D eigenvalue weighted by molar-refractivity contribution is 0.670. The molecule has 11 rings (SSSR count). The van der Waals surface area contributed by atoms with Gasteiger partial charge in [-0.25, -0.2) is 0 Å². The molecule has 0 saturated carbocycles. The van der Waals surface area contributed by atoms with Gasteiger partial charge in [0.05, 0.1) is 5.69 Å². The second-order valence-corrected chi connectivity index (χ2v) is 15.3. The quantitative estimate of drug-likeness (QED) is 0.153. The van der Waals surface area contributed by atoms with Crippen LogP contribution in [0.2, 0.25) is 0 Å². The molecule has 1 heterocycles. The zero-order chi connectivity index (χ0) is 39.8. The summed E-state index contributed by atoms with van der Waals surface area (Å²) in [5.74, 6) is 0. The second kappa shape index (κ2) is 15.1. The van der Waals surface area contributed by atoms with Crippen molar-refractivity contribution in [2.24, 2.45) is 0 Å². The molecule has 60 heavy (non-hydrogen) atoms. The van der Waals surface area contributed by atoms with E-state index in [-0.39, 0.29) is 0 Å². The number of furan rings is 1. The van der Waals surface area contributed by atoms with Gasteiger partial charge in [-0.2, -0.15) is 0 Å². The average Bonchev–Trinajstić information content (AvgIpc) is 3.72. The number of hydrogen-bond acceptors (Lipinski definition) is 2. The topological polar surface area (TPSA) is 16.4 Å². The molecular formula is C58H39NO. The van der Waals surface area contributed by atoms with E-state index < -0.39 is 0 Å². The first-order chi connectivity index (χ1) is 29.8. The van der Waals surface area contributed by atoms with Crippen LogP contribution in [-0.4, -0.2) is 0 Å². The van der Waals surface area contributed by atoms with Gasteiger partial charge in [0.25, 0.3) is 0 Å². The van der Waals surface area contributed by atoms with Gasteiger partial charge in [-0.15, -0.1) is 0 Å². The summed E-state index contributed by atoms with van der Waals surface area (Å²) in [6.07, 6.45) is 0. The summed E-state index contributed by atoms with van der Waals surface area (Å²) < 4.78 is 7.03. The van der Waals surface area contributed by atoms with Crippen LogP contribution in [0.5, 0.6) is 0 Å². The van der Waals surface area contributed by atoms with Gasteiger partial charge in [-0.1, -0.05) is 206 Å². The normalized spacial score (nSPS) is 11.3. The first-order valence-electron chi connectivity index (χ1n) is 20.5. The lowest BCUT2D eigenvalue weighted by Gasteiger charge is -2.27. The van der Waals surface area contributed by atoms with Crippen LogP contribution in [0, 0.1) is 0 Å². The lowest BCUT2D eigenvalue weighted by Crippen LogP contribution is -2.10. The molecular weight excluding hydrogens is 727 g/mol. The largest absolute Gasteiger partial charge is 0.453 e. The highest BCUT2D eigenvalue weighted by molar-refractivity contribution is 6.13. The van der Waals surface area contributed by atoms with Crippen molar-refractivity contribution < 1.29 is 4.42 Å². The van der Waals surface area contributed by atoms with E-state index in [9.17, 15) is 0 Å². The van der Waals surface area contributed by atoms with Gasteiger partial charge in [0.1, 0.15) is 5.58 Å². The van der Waals surface area contributed by atoms with Crippen molar-refractivity contribution in [3.05, 3.63) is 237 Å². The smallest absolute Gasteiger partial charge is 0.159 e. The first-order valence-corrected chi connectivity index (χ1v) is 20.5. The third-order valence-electron chi connectivity index (χ3n) is 11.7. The Morgan fingerprint density at radius 2 is 0.733 bits per heavy atom. The van der Waals surface area contributed by atoms with Crippen molar-refractivity contribution in [3.8, 4) is 55.6 Å². The number of fused-ring (bicyclic) bond motifs is 4. The average molecular weight is 766 g/mol. The molecule has 0 fully saturated rings. The summed E-state index contributed by atoms with van der Waals surface area (Å²) in [5, 5.41) is 4.69. The molecule has 0 radical (unpaired) electrons. The molecule has 0 saturated heterocycles. The van der Waals surface area contributed by atoms with E-state index in [1.807, 2.05) is 0 Å². The van der Waals surface area contributed by atoms with Crippen molar-refractivity contribution in [1.82, 2.24) is 0 Å². The maximum absolute atomic E-state index is 7.03. The zero-order valence-electron chi connectivity index (χ0n) is 32.9. The van der Waals surface area contributed by atoms with Gasteiger partial charge in [0.15, 0.2) is 5.58 Å². The molecule has 1 aromatic heterocycles. The predicted molar refractivity (Wildman–Crippen MR) is 253 cm³/mol. The molecule has 2 nitrogen and oxygen atoms in total.